The van der Waals surface area contributed by atoms with E-state index in [1.807, 2.05) is 32.0 Å². The fourth-order valence-electron chi connectivity index (χ4n) is 3.19. The Morgan fingerprint density at radius 3 is 2.41 bits per heavy atom. The van der Waals surface area contributed by atoms with Gasteiger partial charge in [0, 0.05) is 31.6 Å². The minimum Gasteiger partial charge on any atom is -0.493 e. The number of carbonyl (C=O) groups is 2. The van der Waals surface area contributed by atoms with Crippen LogP contribution in [0.1, 0.15) is 32.3 Å². The molecule has 0 spiro atoms. The minimum absolute atomic E-state index is 0.0292. The van der Waals surface area contributed by atoms with E-state index in [2.05, 4.69) is 10.6 Å². The Bertz CT molecular complexity index is 640. The lowest BCUT2D eigenvalue weighted by molar-refractivity contribution is -0.126. The summed E-state index contributed by atoms with van der Waals surface area (Å²) in [6.07, 6.45) is 2.13. The second kappa shape index (κ2) is 10.0. The van der Waals surface area contributed by atoms with Gasteiger partial charge in [0.25, 0.3) is 0 Å². The number of benzene rings is 1. The highest BCUT2D eigenvalue weighted by molar-refractivity contribution is 5.79. The summed E-state index contributed by atoms with van der Waals surface area (Å²) in [7, 11) is 3.21. The number of likely N-dealkylation sites (tertiary alicyclic amines) is 1. The number of carbonyl (C=O) groups excluding carboxylic acids is 2. The van der Waals surface area contributed by atoms with Crippen molar-refractivity contribution in [3.63, 3.8) is 0 Å². The fourth-order valence-corrected chi connectivity index (χ4v) is 3.19. The second-order valence-electron chi connectivity index (χ2n) is 7.10. The van der Waals surface area contributed by atoms with E-state index in [0.717, 1.165) is 12.0 Å². The smallest absolute Gasteiger partial charge is 0.317 e. The Morgan fingerprint density at radius 1 is 1.15 bits per heavy atom. The van der Waals surface area contributed by atoms with Gasteiger partial charge < -0.3 is 25.0 Å². The van der Waals surface area contributed by atoms with Crippen molar-refractivity contribution < 1.29 is 19.1 Å². The average molecular weight is 377 g/mol. The summed E-state index contributed by atoms with van der Waals surface area (Å²) in [5.74, 6) is 1.42. The van der Waals surface area contributed by atoms with Gasteiger partial charge in [0.15, 0.2) is 11.5 Å². The molecule has 7 heteroatoms. The topological polar surface area (TPSA) is 79.9 Å². The number of rotatable bonds is 7. The van der Waals surface area contributed by atoms with Crippen molar-refractivity contribution in [1.29, 1.82) is 0 Å². The van der Waals surface area contributed by atoms with Crippen LogP contribution < -0.4 is 20.1 Å². The molecule has 1 aromatic rings. The Morgan fingerprint density at radius 2 is 1.81 bits per heavy atom. The highest BCUT2D eigenvalue weighted by Gasteiger charge is 2.27. The zero-order valence-electron chi connectivity index (χ0n) is 16.7. The molecule has 0 aliphatic carbocycles. The van der Waals surface area contributed by atoms with Gasteiger partial charge in [-0.2, -0.15) is 0 Å². The molecule has 1 fully saturated rings. The molecule has 0 atom stereocenters. The van der Waals surface area contributed by atoms with E-state index in [1.165, 1.54) is 0 Å². The molecule has 0 unspecified atom stereocenters. The van der Waals surface area contributed by atoms with Crippen LogP contribution >= 0.6 is 0 Å². The van der Waals surface area contributed by atoms with Crippen LogP contribution in [0.15, 0.2) is 18.2 Å². The number of nitrogens with zero attached hydrogens (tertiary/aromatic N) is 1. The number of methoxy groups -OCH3 is 2. The SMILES string of the molecule is COc1ccc(CCNC(=O)C2CCN(C(=O)NC(C)C)CC2)cc1OC. The van der Waals surface area contributed by atoms with Crippen molar-refractivity contribution in [2.75, 3.05) is 33.9 Å². The van der Waals surface area contributed by atoms with Gasteiger partial charge in [0.1, 0.15) is 0 Å². The molecular weight excluding hydrogens is 346 g/mol. The third kappa shape index (κ3) is 6.05. The number of hydrogen-bond acceptors (Lipinski definition) is 4. The Kier molecular flexibility index (Phi) is 7.76. The predicted molar refractivity (Wildman–Crippen MR) is 104 cm³/mol. The number of hydrogen-bond donors (Lipinski definition) is 2. The molecule has 0 bridgehead atoms. The third-order valence-electron chi connectivity index (χ3n) is 4.73. The van der Waals surface area contributed by atoms with Crippen LogP contribution in [-0.2, 0) is 11.2 Å². The maximum atomic E-state index is 12.4. The first-order chi connectivity index (χ1) is 12.9. The molecule has 7 nitrogen and oxygen atoms in total. The number of amides is 3. The molecule has 0 radical (unpaired) electrons. The maximum Gasteiger partial charge on any atom is 0.317 e. The van der Waals surface area contributed by atoms with Crippen LogP contribution in [0.4, 0.5) is 4.79 Å². The number of piperidine rings is 1. The van der Waals surface area contributed by atoms with Crippen LogP contribution in [0.2, 0.25) is 0 Å². The molecule has 2 rings (SSSR count). The van der Waals surface area contributed by atoms with Crippen molar-refractivity contribution in [2.45, 2.75) is 39.2 Å². The maximum absolute atomic E-state index is 12.4. The van der Waals surface area contributed by atoms with Crippen molar-refractivity contribution >= 4 is 11.9 Å². The zero-order valence-corrected chi connectivity index (χ0v) is 16.7. The molecule has 0 saturated carbocycles. The lowest BCUT2D eigenvalue weighted by Crippen LogP contribution is -2.48. The van der Waals surface area contributed by atoms with Crippen molar-refractivity contribution in [3.8, 4) is 11.5 Å². The molecule has 150 valence electrons. The van der Waals surface area contributed by atoms with Gasteiger partial charge in [-0.05, 0) is 50.8 Å². The van der Waals surface area contributed by atoms with Gasteiger partial charge in [-0.25, -0.2) is 4.79 Å². The normalized spacial score (nSPS) is 14.8. The molecule has 1 heterocycles. The van der Waals surface area contributed by atoms with E-state index >= 15 is 0 Å². The second-order valence-corrected chi connectivity index (χ2v) is 7.10. The number of ether oxygens (including phenoxy) is 2. The molecule has 1 aliphatic rings. The van der Waals surface area contributed by atoms with E-state index in [9.17, 15) is 9.59 Å². The van der Waals surface area contributed by atoms with Crippen LogP contribution in [0.25, 0.3) is 0 Å². The average Bonchev–Trinajstić information content (AvgIpc) is 2.67. The van der Waals surface area contributed by atoms with Crippen LogP contribution in [0.3, 0.4) is 0 Å². The molecule has 27 heavy (non-hydrogen) atoms. The highest BCUT2D eigenvalue weighted by atomic mass is 16.5. The van der Waals surface area contributed by atoms with Gasteiger partial charge >= 0.3 is 6.03 Å². The van der Waals surface area contributed by atoms with Crippen molar-refractivity contribution in [2.24, 2.45) is 5.92 Å². The van der Waals surface area contributed by atoms with Crippen molar-refractivity contribution in [1.82, 2.24) is 15.5 Å². The van der Waals surface area contributed by atoms with Crippen LogP contribution in [0.5, 0.6) is 11.5 Å². The summed E-state index contributed by atoms with van der Waals surface area (Å²) >= 11 is 0. The largest absolute Gasteiger partial charge is 0.493 e. The van der Waals surface area contributed by atoms with Crippen LogP contribution in [0, 0.1) is 5.92 Å². The lowest BCUT2D eigenvalue weighted by Gasteiger charge is -2.32. The number of nitrogens with one attached hydrogen (secondary N) is 2. The lowest BCUT2D eigenvalue weighted by atomic mass is 9.96. The predicted octanol–water partition coefficient (Wildman–Crippen LogP) is 2.19. The quantitative estimate of drug-likeness (QED) is 0.763. The first-order valence-corrected chi connectivity index (χ1v) is 9.48. The molecule has 3 amide bonds. The van der Waals surface area contributed by atoms with E-state index < -0.39 is 0 Å². The first-order valence-electron chi connectivity index (χ1n) is 9.48. The number of urea groups is 1. The summed E-state index contributed by atoms with van der Waals surface area (Å²) in [5.41, 5.74) is 1.08. The van der Waals surface area contributed by atoms with Gasteiger partial charge in [-0.15, -0.1) is 0 Å². The molecule has 0 aromatic heterocycles. The summed E-state index contributed by atoms with van der Waals surface area (Å²) in [6.45, 7) is 5.69. The Labute approximate surface area is 161 Å². The Hall–Kier alpha value is -2.44. The Balaban J connectivity index is 1.75. The van der Waals surface area contributed by atoms with Crippen molar-refractivity contribution in [3.05, 3.63) is 23.8 Å². The fraction of sp³-hybridized carbons (Fsp3) is 0.600. The summed E-state index contributed by atoms with van der Waals surface area (Å²) in [5, 5.41) is 5.91. The zero-order chi connectivity index (χ0) is 19.8. The van der Waals surface area contributed by atoms with Gasteiger partial charge in [0.2, 0.25) is 5.91 Å². The summed E-state index contributed by atoms with van der Waals surface area (Å²) in [4.78, 5) is 26.2. The molecular formula is C20H31N3O4. The summed E-state index contributed by atoms with van der Waals surface area (Å²) in [6, 6.07) is 5.84. The molecule has 2 N–H and O–H groups in total. The van der Waals surface area contributed by atoms with Gasteiger partial charge in [-0.3, -0.25) is 4.79 Å². The minimum atomic E-state index is -0.0442. The molecule has 1 aromatic carbocycles. The third-order valence-corrected chi connectivity index (χ3v) is 4.73. The van der Waals surface area contributed by atoms with E-state index in [0.29, 0.717) is 44.0 Å². The monoisotopic (exact) mass is 377 g/mol. The van der Waals surface area contributed by atoms with E-state index in [4.69, 9.17) is 9.47 Å². The summed E-state index contributed by atoms with van der Waals surface area (Å²) < 4.78 is 10.5. The molecule has 1 aliphatic heterocycles. The highest BCUT2D eigenvalue weighted by Crippen LogP contribution is 2.27. The van der Waals surface area contributed by atoms with Crippen LogP contribution in [-0.4, -0.2) is 56.7 Å². The molecule has 1 saturated heterocycles. The van der Waals surface area contributed by atoms with Gasteiger partial charge in [0.05, 0.1) is 14.2 Å². The van der Waals surface area contributed by atoms with E-state index in [-0.39, 0.29) is 23.9 Å². The van der Waals surface area contributed by atoms with Gasteiger partial charge in [-0.1, -0.05) is 6.07 Å². The standard InChI is InChI=1S/C20H31N3O4/c1-14(2)22-20(25)23-11-8-16(9-12-23)19(24)21-10-7-15-5-6-17(26-3)18(13-15)27-4/h5-6,13-14,16H,7-12H2,1-4H3,(H,21,24)(H,22,25). The van der Waals surface area contributed by atoms with E-state index in [1.54, 1.807) is 19.1 Å². The first kappa shape index (κ1) is 20.9.